The van der Waals surface area contributed by atoms with Crippen LogP contribution in [0.25, 0.3) is 0 Å². The van der Waals surface area contributed by atoms with Crippen LogP contribution in [0.15, 0.2) is 0 Å². The van der Waals surface area contributed by atoms with Crippen molar-refractivity contribution in [3.8, 4) is 0 Å². The van der Waals surface area contributed by atoms with Crippen molar-refractivity contribution >= 4 is 11.8 Å². The van der Waals surface area contributed by atoms with Gasteiger partial charge in [-0.05, 0) is 71.6 Å². The number of rotatable bonds is 7. The van der Waals surface area contributed by atoms with Gasteiger partial charge in [-0.2, -0.15) is 0 Å². The van der Waals surface area contributed by atoms with Gasteiger partial charge in [-0.25, -0.2) is 0 Å². The molecule has 2 saturated carbocycles. The first-order valence-corrected chi connectivity index (χ1v) is 10.1. The minimum absolute atomic E-state index is 0.0110. The van der Waals surface area contributed by atoms with Gasteiger partial charge in [-0.3, -0.25) is 9.59 Å². The SMILES string of the molecule is CC(C)(C)OC(=O)C1CCC(CCCCC(=O)C2CCCC2)CC1. The lowest BCUT2D eigenvalue weighted by Crippen LogP contribution is -2.31. The maximum Gasteiger partial charge on any atom is 0.309 e. The molecule has 0 radical (unpaired) electrons. The van der Waals surface area contributed by atoms with Gasteiger partial charge in [-0.1, -0.05) is 25.7 Å². The van der Waals surface area contributed by atoms with Crippen molar-refractivity contribution in [2.75, 3.05) is 0 Å². The Labute approximate surface area is 147 Å². The molecule has 138 valence electrons. The molecule has 3 nitrogen and oxygen atoms in total. The van der Waals surface area contributed by atoms with Crippen molar-refractivity contribution in [2.24, 2.45) is 17.8 Å². The zero-order valence-corrected chi connectivity index (χ0v) is 15.9. The van der Waals surface area contributed by atoms with Gasteiger partial charge in [0.1, 0.15) is 11.4 Å². The Kier molecular flexibility index (Phi) is 7.31. The normalized spacial score (nSPS) is 25.6. The lowest BCUT2D eigenvalue weighted by Gasteiger charge is -2.29. The van der Waals surface area contributed by atoms with Gasteiger partial charge in [0.25, 0.3) is 0 Å². The lowest BCUT2D eigenvalue weighted by atomic mass is 9.79. The van der Waals surface area contributed by atoms with Crippen LogP contribution < -0.4 is 0 Å². The van der Waals surface area contributed by atoms with E-state index in [9.17, 15) is 9.59 Å². The first-order chi connectivity index (χ1) is 11.3. The molecule has 0 saturated heterocycles. The molecule has 0 atom stereocenters. The number of hydrogen-bond donors (Lipinski definition) is 0. The highest BCUT2D eigenvalue weighted by Gasteiger charge is 2.29. The van der Waals surface area contributed by atoms with Crippen molar-refractivity contribution in [3.05, 3.63) is 0 Å². The lowest BCUT2D eigenvalue weighted by molar-refractivity contribution is -0.161. The number of Topliss-reactive ketones (excluding diaryl/α,β-unsaturated/α-hetero) is 1. The number of ether oxygens (including phenoxy) is 1. The Hall–Kier alpha value is -0.860. The van der Waals surface area contributed by atoms with Crippen molar-refractivity contribution in [1.82, 2.24) is 0 Å². The van der Waals surface area contributed by atoms with Gasteiger partial charge >= 0.3 is 5.97 Å². The molecular formula is C21H36O3. The van der Waals surface area contributed by atoms with E-state index in [2.05, 4.69) is 0 Å². The number of ketones is 1. The predicted octanol–water partition coefficient (Wildman–Crippen LogP) is 5.45. The third-order valence-corrected chi connectivity index (χ3v) is 5.68. The molecule has 3 heteroatoms. The zero-order chi connectivity index (χ0) is 17.6. The maximum absolute atomic E-state index is 12.1. The Morgan fingerprint density at radius 1 is 0.875 bits per heavy atom. The van der Waals surface area contributed by atoms with E-state index in [4.69, 9.17) is 4.74 Å². The Bertz CT molecular complexity index is 407. The molecule has 2 aliphatic rings. The van der Waals surface area contributed by atoms with Crippen LogP contribution >= 0.6 is 0 Å². The first-order valence-electron chi connectivity index (χ1n) is 10.1. The molecule has 2 rings (SSSR count). The first kappa shape index (κ1) is 19.5. The molecule has 0 aromatic rings. The third kappa shape index (κ3) is 6.57. The number of esters is 1. The predicted molar refractivity (Wildman–Crippen MR) is 96.7 cm³/mol. The number of carbonyl (C=O) groups is 2. The van der Waals surface area contributed by atoms with Crippen LogP contribution in [0.5, 0.6) is 0 Å². The van der Waals surface area contributed by atoms with Crippen molar-refractivity contribution < 1.29 is 14.3 Å². The molecule has 0 N–H and O–H groups in total. The van der Waals surface area contributed by atoms with Crippen LogP contribution in [0, 0.1) is 17.8 Å². The van der Waals surface area contributed by atoms with E-state index in [0.717, 1.165) is 57.3 Å². The van der Waals surface area contributed by atoms with Gasteiger partial charge in [0, 0.05) is 12.3 Å². The number of hydrogen-bond acceptors (Lipinski definition) is 3. The summed E-state index contributed by atoms with van der Waals surface area (Å²) in [5.74, 6) is 1.73. The van der Waals surface area contributed by atoms with E-state index in [1.54, 1.807) is 0 Å². The summed E-state index contributed by atoms with van der Waals surface area (Å²) in [6.45, 7) is 5.80. The van der Waals surface area contributed by atoms with Gasteiger partial charge < -0.3 is 4.74 Å². The zero-order valence-electron chi connectivity index (χ0n) is 15.9. The molecule has 0 aromatic carbocycles. The Morgan fingerprint density at radius 3 is 2.08 bits per heavy atom. The van der Waals surface area contributed by atoms with E-state index < -0.39 is 0 Å². The molecule has 0 amide bonds. The number of carbonyl (C=O) groups excluding carboxylic acids is 2. The van der Waals surface area contributed by atoms with E-state index in [0.29, 0.717) is 11.7 Å². The standard InChI is InChI=1S/C21H36O3/c1-21(2,3)24-20(23)18-14-12-16(13-15-18)8-4-7-11-19(22)17-9-5-6-10-17/h16-18H,4-15H2,1-3H3. The monoisotopic (exact) mass is 336 g/mol. The highest BCUT2D eigenvalue weighted by Crippen LogP contribution is 2.33. The largest absolute Gasteiger partial charge is 0.460 e. The molecule has 0 heterocycles. The van der Waals surface area contributed by atoms with Crippen LogP contribution in [0.1, 0.15) is 97.8 Å². The summed E-state index contributed by atoms with van der Waals surface area (Å²) >= 11 is 0. The van der Waals surface area contributed by atoms with E-state index in [1.165, 1.54) is 25.7 Å². The summed E-state index contributed by atoms with van der Waals surface area (Å²) in [6, 6.07) is 0. The summed E-state index contributed by atoms with van der Waals surface area (Å²) in [6.07, 6.45) is 13.2. The minimum Gasteiger partial charge on any atom is -0.460 e. The van der Waals surface area contributed by atoms with Crippen LogP contribution in [0.3, 0.4) is 0 Å². The van der Waals surface area contributed by atoms with Gasteiger partial charge in [0.05, 0.1) is 5.92 Å². The van der Waals surface area contributed by atoms with Gasteiger partial charge in [-0.15, -0.1) is 0 Å². The van der Waals surface area contributed by atoms with Crippen LogP contribution in [-0.2, 0) is 14.3 Å². The van der Waals surface area contributed by atoms with Gasteiger partial charge in [0.2, 0.25) is 0 Å². The molecule has 0 spiro atoms. The second-order valence-electron chi connectivity index (χ2n) is 8.94. The summed E-state index contributed by atoms with van der Waals surface area (Å²) in [5, 5.41) is 0. The fraction of sp³-hybridized carbons (Fsp3) is 0.905. The average Bonchev–Trinajstić information content (AvgIpc) is 3.04. The second kappa shape index (κ2) is 9.01. The van der Waals surface area contributed by atoms with E-state index in [1.807, 2.05) is 20.8 Å². The summed E-state index contributed by atoms with van der Waals surface area (Å²) < 4.78 is 5.51. The second-order valence-corrected chi connectivity index (χ2v) is 8.94. The molecule has 0 aromatic heterocycles. The Morgan fingerprint density at radius 2 is 1.50 bits per heavy atom. The van der Waals surface area contributed by atoms with Crippen molar-refractivity contribution in [2.45, 2.75) is 103 Å². The molecule has 2 fully saturated rings. The topological polar surface area (TPSA) is 43.4 Å². The molecular weight excluding hydrogens is 300 g/mol. The van der Waals surface area contributed by atoms with E-state index >= 15 is 0 Å². The quantitative estimate of drug-likeness (QED) is 0.458. The van der Waals surface area contributed by atoms with Gasteiger partial charge in [0.15, 0.2) is 0 Å². The summed E-state index contributed by atoms with van der Waals surface area (Å²) in [7, 11) is 0. The smallest absolute Gasteiger partial charge is 0.309 e. The molecule has 2 aliphatic carbocycles. The minimum atomic E-state index is -0.375. The number of unbranched alkanes of at least 4 members (excludes halogenated alkanes) is 1. The highest BCUT2D eigenvalue weighted by molar-refractivity contribution is 5.81. The molecule has 0 unspecified atom stereocenters. The van der Waals surface area contributed by atoms with Crippen molar-refractivity contribution in [1.29, 1.82) is 0 Å². The highest BCUT2D eigenvalue weighted by atomic mass is 16.6. The van der Waals surface area contributed by atoms with Crippen LogP contribution in [-0.4, -0.2) is 17.4 Å². The fourth-order valence-corrected chi connectivity index (χ4v) is 4.26. The maximum atomic E-state index is 12.1. The summed E-state index contributed by atoms with van der Waals surface area (Å²) in [4.78, 5) is 24.2. The fourth-order valence-electron chi connectivity index (χ4n) is 4.26. The van der Waals surface area contributed by atoms with Crippen LogP contribution in [0.4, 0.5) is 0 Å². The molecule has 0 aliphatic heterocycles. The van der Waals surface area contributed by atoms with Crippen molar-refractivity contribution in [3.63, 3.8) is 0 Å². The summed E-state index contributed by atoms with van der Waals surface area (Å²) in [5.41, 5.74) is -0.375. The average molecular weight is 337 g/mol. The molecule has 0 bridgehead atoms. The molecule has 24 heavy (non-hydrogen) atoms. The Balaban J connectivity index is 1.56. The third-order valence-electron chi connectivity index (χ3n) is 5.68. The van der Waals surface area contributed by atoms with Crippen LogP contribution in [0.2, 0.25) is 0 Å². The van der Waals surface area contributed by atoms with E-state index in [-0.39, 0.29) is 17.5 Å².